The molecule has 0 unspecified atom stereocenters. The van der Waals surface area contributed by atoms with Crippen LogP contribution in [0.2, 0.25) is 0 Å². The first kappa shape index (κ1) is 17.8. The highest BCUT2D eigenvalue weighted by molar-refractivity contribution is 5.75. The summed E-state index contributed by atoms with van der Waals surface area (Å²) in [5.41, 5.74) is 0. The van der Waals surface area contributed by atoms with Crippen molar-refractivity contribution in [2.24, 2.45) is 0 Å². The van der Waals surface area contributed by atoms with Crippen LogP contribution in [0.3, 0.4) is 0 Å². The molecule has 0 radical (unpaired) electrons. The van der Waals surface area contributed by atoms with Crippen LogP contribution in [0.5, 0.6) is 0 Å². The molecule has 112 valence electrons. The number of nitrogens with zero attached hydrogens (tertiary/aromatic N) is 1. The van der Waals surface area contributed by atoms with Crippen LogP contribution in [0, 0.1) is 0 Å². The van der Waals surface area contributed by atoms with Gasteiger partial charge in [-0.15, -0.1) is 0 Å². The molecule has 0 aromatic carbocycles. The van der Waals surface area contributed by atoms with Crippen LogP contribution in [-0.2, 0) is 9.59 Å². The number of hydrogen-bond acceptors (Lipinski definition) is 5. The molecule has 0 atom stereocenters. The van der Waals surface area contributed by atoms with Gasteiger partial charge in [-0.2, -0.15) is 0 Å². The molecule has 0 aliphatic carbocycles. The average molecular weight is 274 g/mol. The monoisotopic (exact) mass is 274 g/mol. The standard InChI is InChI=1S/C12H26N4O3/c1-13-11(18)3-5-15-6-8-16(9-10-17)7-4-12(19)14-2/h15,17H,3-10H2,1-2H3,(H,13,18)(H,14,19). The Labute approximate surface area is 114 Å². The number of rotatable bonds is 11. The molecule has 0 aromatic rings. The molecule has 0 fully saturated rings. The summed E-state index contributed by atoms with van der Waals surface area (Å²) in [4.78, 5) is 24.1. The molecule has 7 nitrogen and oxygen atoms in total. The Morgan fingerprint density at radius 3 is 2.16 bits per heavy atom. The largest absolute Gasteiger partial charge is 0.395 e. The predicted molar refractivity (Wildman–Crippen MR) is 73.8 cm³/mol. The number of nitrogens with one attached hydrogen (secondary N) is 3. The SMILES string of the molecule is CNC(=O)CCNCCN(CCO)CCC(=O)NC. The Morgan fingerprint density at radius 1 is 0.947 bits per heavy atom. The fourth-order valence-electron chi connectivity index (χ4n) is 1.55. The smallest absolute Gasteiger partial charge is 0.221 e. The van der Waals surface area contributed by atoms with Crippen LogP contribution in [0.15, 0.2) is 0 Å². The van der Waals surface area contributed by atoms with Gasteiger partial charge in [-0.25, -0.2) is 0 Å². The van der Waals surface area contributed by atoms with Crippen molar-refractivity contribution in [1.29, 1.82) is 0 Å². The third-order valence-electron chi connectivity index (χ3n) is 2.76. The molecule has 2 amide bonds. The van der Waals surface area contributed by atoms with Gasteiger partial charge in [-0.3, -0.25) is 14.5 Å². The molecule has 0 aliphatic heterocycles. The van der Waals surface area contributed by atoms with Gasteiger partial charge in [-0.05, 0) is 0 Å². The number of carbonyl (C=O) groups excluding carboxylic acids is 2. The van der Waals surface area contributed by atoms with Gasteiger partial charge in [0.25, 0.3) is 0 Å². The molecular weight excluding hydrogens is 248 g/mol. The average Bonchev–Trinajstić information content (AvgIpc) is 2.43. The third-order valence-corrected chi connectivity index (χ3v) is 2.76. The van der Waals surface area contributed by atoms with E-state index in [0.29, 0.717) is 32.5 Å². The molecule has 0 bridgehead atoms. The Kier molecular flexibility index (Phi) is 11.1. The van der Waals surface area contributed by atoms with E-state index < -0.39 is 0 Å². The van der Waals surface area contributed by atoms with Crippen LogP contribution in [0.25, 0.3) is 0 Å². The van der Waals surface area contributed by atoms with Crippen molar-refractivity contribution < 1.29 is 14.7 Å². The van der Waals surface area contributed by atoms with Crippen LogP contribution in [0.4, 0.5) is 0 Å². The Morgan fingerprint density at radius 2 is 1.58 bits per heavy atom. The second-order valence-corrected chi connectivity index (χ2v) is 4.16. The maximum atomic E-state index is 11.1. The van der Waals surface area contributed by atoms with E-state index in [1.807, 2.05) is 4.90 Å². The molecule has 0 rings (SSSR count). The zero-order valence-electron chi connectivity index (χ0n) is 11.9. The van der Waals surface area contributed by atoms with Gasteiger partial charge in [0.1, 0.15) is 0 Å². The van der Waals surface area contributed by atoms with Crippen molar-refractivity contribution in [2.75, 3.05) is 53.4 Å². The van der Waals surface area contributed by atoms with E-state index in [-0.39, 0.29) is 18.4 Å². The third kappa shape index (κ3) is 10.4. The normalized spacial score (nSPS) is 10.5. The van der Waals surface area contributed by atoms with Crippen LogP contribution in [-0.4, -0.2) is 75.2 Å². The Balaban J connectivity index is 3.69. The van der Waals surface area contributed by atoms with Gasteiger partial charge in [-0.1, -0.05) is 0 Å². The van der Waals surface area contributed by atoms with Crippen LogP contribution < -0.4 is 16.0 Å². The maximum absolute atomic E-state index is 11.1. The first-order chi connectivity index (χ1) is 9.13. The summed E-state index contributed by atoms with van der Waals surface area (Å²) in [5, 5.41) is 17.2. The molecule has 19 heavy (non-hydrogen) atoms. The predicted octanol–water partition coefficient (Wildman–Crippen LogP) is -1.86. The summed E-state index contributed by atoms with van der Waals surface area (Å²) in [6.45, 7) is 3.34. The highest BCUT2D eigenvalue weighted by Gasteiger charge is 2.06. The topological polar surface area (TPSA) is 93.7 Å². The zero-order chi connectivity index (χ0) is 14.5. The van der Waals surface area contributed by atoms with E-state index in [9.17, 15) is 9.59 Å². The summed E-state index contributed by atoms with van der Waals surface area (Å²) in [7, 11) is 3.23. The minimum Gasteiger partial charge on any atom is -0.395 e. The lowest BCUT2D eigenvalue weighted by Crippen LogP contribution is -2.37. The van der Waals surface area contributed by atoms with Crippen molar-refractivity contribution in [1.82, 2.24) is 20.9 Å². The van der Waals surface area contributed by atoms with E-state index >= 15 is 0 Å². The number of aliphatic hydroxyl groups excluding tert-OH is 1. The van der Waals surface area contributed by atoms with Crippen LogP contribution in [0.1, 0.15) is 12.8 Å². The van der Waals surface area contributed by atoms with Gasteiger partial charge in [0.05, 0.1) is 6.61 Å². The fraction of sp³-hybridized carbons (Fsp3) is 0.833. The van der Waals surface area contributed by atoms with Gasteiger partial charge in [0.2, 0.25) is 11.8 Å². The first-order valence-electron chi connectivity index (χ1n) is 6.59. The first-order valence-corrected chi connectivity index (χ1v) is 6.59. The van der Waals surface area contributed by atoms with E-state index in [1.165, 1.54) is 0 Å². The number of amides is 2. The minimum absolute atomic E-state index is 0.00415. The number of carbonyl (C=O) groups is 2. The molecule has 0 aliphatic rings. The van der Waals surface area contributed by atoms with Gasteiger partial charge in [0, 0.05) is 59.7 Å². The lowest BCUT2D eigenvalue weighted by molar-refractivity contribution is -0.121. The van der Waals surface area contributed by atoms with Crippen LogP contribution >= 0.6 is 0 Å². The zero-order valence-corrected chi connectivity index (χ0v) is 11.9. The number of hydrogen-bond donors (Lipinski definition) is 4. The fourth-order valence-corrected chi connectivity index (χ4v) is 1.55. The molecule has 0 spiro atoms. The molecule has 0 aromatic heterocycles. The second kappa shape index (κ2) is 11.9. The highest BCUT2D eigenvalue weighted by atomic mass is 16.3. The van der Waals surface area contributed by atoms with Gasteiger partial charge in [0.15, 0.2) is 0 Å². The van der Waals surface area contributed by atoms with Crippen molar-refractivity contribution in [2.45, 2.75) is 12.8 Å². The maximum Gasteiger partial charge on any atom is 0.221 e. The van der Waals surface area contributed by atoms with E-state index in [4.69, 9.17) is 5.11 Å². The van der Waals surface area contributed by atoms with E-state index in [2.05, 4.69) is 16.0 Å². The Bertz CT molecular complexity index is 261. The molecule has 0 heterocycles. The lowest BCUT2D eigenvalue weighted by atomic mass is 10.3. The summed E-state index contributed by atoms with van der Waals surface area (Å²) in [5.74, 6) is 0.00912. The highest BCUT2D eigenvalue weighted by Crippen LogP contribution is 1.91. The molecule has 0 saturated carbocycles. The van der Waals surface area contributed by atoms with Crippen molar-refractivity contribution >= 4 is 11.8 Å². The summed E-state index contributed by atoms with van der Waals surface area (Å²) in [6, 6.07) is 0. The number of aliphatic hydroxyl groups is 1. The minimum atomic E-state index is -0.00415. The quantitative estimate of drug-likeness (QED) is 0.332. The molecule has 0 saturated heterocycles. The second-order valence-electron chi connectivity index (χ2n) is 4.16. The van der Waals surface area contributed by atoms with E-state index in [0.717, 1.165) is 13.1 Å². The van der Waals surface area contributed by atoms with Gasteiger partial charge < -0.3 is 21.1 Å². The molecular formula is C12H26N4O3. The summed E-state index contributed by atoms with van der Waals surface area (Å²) < 4.78 is 0. The van der Waals surface area contributed by atoms with Crippen molar-refractivity contribution in [3.05, 3.63) is 0 Å². The molecule has 4 N–H and O–H groups in total. The molecule has 7 heteroatoms. The summed E-state index contributed by atoms with van der Waals surface area (Å²) in [6.07, 6.45) is 0.878. The van der Waals surface area contributed by atoms with E-state index in [1.54, 1.807) is 14.1 Å². The Hall–Kier alpha value is -1.18. The van der Waals surface area contributed by atoms with Gasteiger partial charge >= 0.3 is 0 Å². The lowest BCUT2D eigenvalue weighted by Gasteiger charge is -2.21. The van der Waals surface area contributed by atoms with Crippen molar-refractivity contribution in [3.63, 3.8) is 0 Å². The van der Waals surface area contributed by atoms with Crippen molar-refractivity contribution in [3.8, 4) is 0 Å². The summed E-state index contributed by atoms with van der Waals surface area (Å²) >= 11 is 0.